The van der Waals surface area contributed by atoms with Gasteiger partial charge in [0, 0.05) is 38.9 Å². The molecule has 2 saturated heterocycles. The average molecular weight is 469 g/mol. The lowest BCUT2D eigenvalue weighted by molar-refractivity contribution is -0.126. The third-order valence-corrected chi connectivity index (χ3v) is 6.67. The lowest BCUT2D eigenvalue weighted by atomic mass is 9.98. The number of nitrogens with one attached hydrogen (secondary N) is 2. The van der Waals surface area contributed by atoms with Crippen molar-refractivity contribution >= 4 is 34.9 Å². The second-order valence-corrected chi connectivity index (χ2v) is 9.18. The molecule has 5 rings (SSSR count). The Morgan fingerprint density at radius 3 is 2.91 bits per heavy atom. The van der Waals surface area contributed by atoms with Crippen molar-refractivity contribution in [2.24, 2.45) is 5.92 Å². The number of nitrogens with zero attached hydrogens (tertiary/aromatic N) is 6. The lowest BCUT2D eigenvalue weighted by Gasteiger charge is -2.40. The van der Waals surface area contributed by atoms with E-state index >= 15 is 0 Å². The van der Waals surface area contributed by atoms with Gasteiger partial charge in [-0.15, -0.1) is 0 Å². The van der Waals surface area contributed by atoms with Gasteiger partial charge in [-0.05, 0) is 38.9 Å². The number of imidazole rings is 1. The zero-order chi connectivity index (χ0) is 22.9. The van der Waals surface area contributed by atoms with Crippen molar-refractivity contribution < 1.29 is 4.79 Å². The molecule has 5 heterocycles. The maximum Gasteiger partial charge on any atom is 0.227 e. The minimum atomic E-state index is -0.144. The number of amides is 1. The summed E-state index contributed by atoms with van der Waals surface area (Å²) < 4.78 is 2.04. The molecule has 33 heavy (non-hydrogen) atoms. The van der Waals surface area contributed by atoms with Gasteiger partial charge < -0.3 is 24.8 Å². The molecule has 0 radical (unpaired) electrons. The van der Waals surface area contributed by atoms with Crippen LogP contribution in [0.3, 0.4) is 0 Å². The number of aromatic nitrogens is 4. The molecule has 1 amide bonds. The van der Waals surface area contributed by atoms with E-state index in [0.717, 1.165) is 49.6 Å². The predicted octanol–water partition coefficient (Wildman–Crippen LogP) is 2.20. The number of hydrogen-bond donors (Lipinski definition) is 2. The van der Waals surface area contributed by atoms with Gasteiger partial charge >= 0.3 is 0 Å². The molecule has 2 aliphatic rings. The normalized spacial score (nSPS) is 18.2. The molecule has 2 fully saturated rings. The Balaban J connectivity index is 1.23. The van der Waals surface area contributed by atoms with Crippen molar-refractivity contribution in [2.75, 3.05) is 49.1 Å². The summed E-state index contributed by atoms with van der Waals surface area (Å²) in [6.07, 6.45) is 4.70. The summed E-state index contributed by atoms with van der Waals surface area (Å²) in [5.41, 5.74) is 2.81. The molecule has 2 N–H and O–H groups in total. The number of anilines is 2. The van der Waals surface area contributed by atoms with Crippen LogP contribution in [0.4, 0.5) is 11.8 Å². The Labute approximate surface area is 198 Å². The van der Waals surface area contributed by atoms with E-state index in [4.69, 9.17) is 16.6 Å². The summed E-state index contributed by atoms with van der Waals surface area (Å²) in [4.78, 5) is 31.0. The summed E-state index contributed by atoms with van der Waals surface area (Å²) in [6, 6.07) is 5.76. The maximum atomic E-state index is 12.9. The Kier molecular flexibility index (Phi) is 6.07. The first-order chi connectivity index (χ1) is 16.0. The number of carbonyl (C=O) groups is 1. The Bertz CT molecular complexity index is 1150. The van der Waals surface area contributed by atoms with Crippen LogP contribution in [-0.2, 0) is 4.79 Å². The largest absolute Gasteiger partial charge is 0.353 e. The highest BCUT2D eigenvalue weighted by Crippen LogP contribution is 2.31. The van der Waals surface area contributed by atoms with Crippen LogP contribution in [-0.4, -0.2) is 64.5 Å². The van der Waals surface area contributed by atoms with Crippen LogP contribution in [0.1, 0.15) is 30.8 Å². The van der Waals surface area contributed by atoms with Crippen LogP contribution in [0.2, 0.25) is 5.02 Å². The monoisotopic (exact) mass is 468 g/mol. The molecule has 2 aliphatic heterocycles. The summed E-state index contributed by atoms with van der Waals surface area (Å²) in [5, 5.41) is 7.07. The fourth-order valence-electron chi connectivity index (χ4n) is 4.64. The molecular formula is C23H29ClN8O. The fraction of sp³-hybridized carbons (Fsp3) is 0.478. The molecule has 0 aromatic carbocycles. The van der Waals surface area contributed by atoms with Crippen molar-refractivity contribution in [1.29, 1.82) is 0 Å². The molecule has 0 aliphatic carbocycles. The number of pyridine rings is 1. The van der Waals surface area contributed by atoms with Crippen LogP contribution >= 0.6 is 11.6 Å². The Hall–Kier alpha value is -2.91. The Morgan fingerprint density at radius 1 is 1.21 bits per heavy atom. The number of hydrogen-bond acceptors (Lipinski definition) is 7. The third kappa shape index (κ3) is 4.35. The maximum absolute atomic E-state index is 12.9. The van der Waals surface area contributed by atoms with Crippen molar-refractivity contribution in [3.8, 4) is 0 Å². The minimum Gasteiger partial charge on any atom is -0.353 e. The van der Waals surface area contributed by atoms with Gasteiger partial charge in [0.05, 0.1) is 29.5 Å². The quantitative estimate of drug-likeness (QED) is 0.593. The number of carbonyl (C=O) groups excluding carboxylic acids is 1. The smallest absolute Gasteiger partial charge is 0.227 e. The van der Waals surface area contributed by atoms with E-state index in [1.54, 1.807) is 6.20 Å². The van der Waals surface area contributed by atoms with Crippen molar-refractivity contribution in [2.45, 2.75) is 26.3 Å². The van der Waals surface area contributed by atoms with Crippen LogP contribution < -0.4 is 20.4 Å². The van der Waals surface area contributed by atoms with E-state index in [-0.39, 0.29) is 17.9 Å². The standard InChI is InChI=1S/C23H29ClN8O/c1-15-20(32-10-4-3-6-19(32)27-15)16(2)28-22(33)17-13-31(14-17)21-18(24)12-26-23(29-21)30-9-5-7-25-8-11-30/h3-4,6,10,12,16-17,25H,5,7-9,11,13-14H2,1-2H3,(H,28,33). The highest BCUT2D eigenvalue weighted by molar-refractivity contribution is 6.32. The SMILES string of the molecule is Cc1nc2ccccn2c1C(C)NC(=O)C1CN(c2nc(N3CCCNCC3)ncc2Cl)C1. The molecule has 3 aromatic rings. The van der Waals surface area contributed by atoms with E-state index in [2.05, 4.69) is 30.4 Å². The first-order valence-corrected chi connectivity index (χ1v) is 11.9. The molecule has 0 saturated carbocycles. The summed E-state index contributed by atoms with van der Waals surface area (Å²) >= 11 is 6.42. The molecular weight excluding hydrogens is 440 g/mol. The zero-order valence-corrected chi connectivity index (χ0v) is 19.7. The molecule has 0 bridgehead atoms. The Morgan fingerprint density at radius 2 is 2.06 bits per heavy atom. The number of rotatable bonds is 5. The fourth-order valence-corrected chi connectivity index (χ4v) is 4.85. The van der Waals surface area contributed by atoms with Crippen LogP contribution in [0.5, 0.6) is 0 Å². The number of aryl methyl sites for hydroxylation is 1. The van der Waals surface area contributed by atoms with E-state index in [0.29, 0.717) is 29.9 Å². The topological polar surface area (TPSA) is 90.7 Å². The summed E-state index contributed by atoms with van der Waals surface area (Å²) in [5.74, 6) is 1.33. The van der Waals surface area contributed by atoms with Gasteiger partial charge in [0.25, 0.3) is 0 Å². The molecule has 1 atom stereocenters. The van der Waals surface area contributed by atoms with Gasteiger partial charge in [-0.1, -0.05) is 17.7 Å². The minimum absolute atomic E-state index is 0.0352. The van der Waals surface area contributed by atoms with Crippen molar-refractivity contribution in [1.82, 2.24) is 30.0 Å². The van der Waals surface area contributed by atoms with Gasteiger partial charge in [0.1, 0.15) is 10.7 Å². The first kappa shape index (κ1) is 21.9. The van der Waals surface area contributed by atoms with E-state index in [1.807, 2.05) is 42.6 Å². The summed E-state index contributed by atoms with van der Waals surface area (Å²) in [7, 11) is 0. The number of halogens is 1. The van der Waals surface area contributed by atoms with Crippen molar-refractivity contribution in [3.05, 3.63) is 47.0 Å². The molecule has 0 spiro atoms. The van der Waals surface area contributed by atoms with Gasteiger partial charge in [-0.25, -0.2) is 9.97 Å². The second kappa shape index (κ2) is 9.15. The van der Waals surface area contributed by atoms with E-state index < -0.39 is 0 Å². The van der Waals surface area contributed by atoms with Gasteiger partial charge in [-0.2, -0.15) is 4.98 Å². The average Bonchev–Trinajstić information content (AvgIpc) is 2.92. The molecule has 10 heteroatoms. The van der Waals surface area contributed by atoms with Crippen LogP contribution in [0, 0.1) is 12.8 Å². The van der Waals surface area contributed by atoms with Crippen LogP contribution in [0.25, 0.3) is 5.65 Å². The van der Waals surface area contributed by atoms with Crippen LogP contribution in [0.15, 0.2) is 30.6 Å². The zero-order valence-electron chi connectivity index (χ0n) is 19.0. The third-order valence-electron chi connectivity index (χ3n) is 6.41. The summed E-state index contributed by atoms with van der Waals surface area (Å²) in [6.45, 7) is 8.86. The van der Waals surface area contributed by atoms with E-state index in [1.165, 1.54) is 0 Å². The lowest BCUT2D eigenvalue weighted by Crippen LogP contribution is -2.54. The second-order valence-electron chi connectivity index (χ2n) is 8.78. The molecule has 3 aromatic heterocycles. The van der Waals surface area contributed by atoms with Gasteiger partial charge in [0.2, 0.25) is 11.9 Å². The highest BCUT2D eigenvalue weighted by Gasteiger charge is 2.36. The van der Waals surface area contributed by atoms with E-state index in [9.17, 15) is 4.79 Å². The molecule has 9 nitrogen and oxygen atoms in total. The molecule has 1 unspecified atom stereocenters. The van der Waals surface area contributed by atoms with Crippen molar-refractivity contribution in [3.63, 3.8) is 0 Å². The predicted molar refractivity (Wildman–Crippen MR) is 129 cm³/mol. The van der Waals surface area contributed by atoms with Gasteiger partial charge in [0.15, 0.2) is 5.82 Å². The molecule has 174 valence electrons. The van der Waals surface area contributed by atoms with Gasteiger partial charge in [-0.3, -0.25) is 4.79 Å². The number of fused-ring (bicyclic) bond motifs is 1. The highest BCUT2D eigenvalue weighted by atomic mass is 35.5. The first-order valence-electron chi connectivity index (χ1n) is 11.5.